The lowest BCUT2D eigenvalue weighted by molar-refractivity contribution is -0.139. The average molecular weight is 198 g/mol. The number of hydrogen-bond donors (Lipinski definition) is 2. The van der Waals surface area contributed by atoms with Crippen LogP contribution in [0.15, 0.2) is 10.6 Å². The van der Waals surface area contributed by atoms with E-state index in [1.165, 1.54) is 0 Å². The summed E-state index contributed by atoms with van der Waals surface area (Å²) < 4.78 is 5.19. The maximum absolute atomic E-state index is 10.6. The minimum absolute atomic E-state index is 0.346. The number of aromatic nitrogens is 1. The summed E-state index contributed by atoms with van der Waals surface area (Å²) in [6.45, 7) is 3.95. The minimum atomic E-state index is -0.851. The number of aliphatic carboxylic acids is 1. The first kappa shape index (κ1) is 10.7. The molecule has 1 aromatic rings. The van der Waals surface area contributed by atoms with Gasteiger partial charge >= 0.3 is 5.97 Å². The normalized spacial score (nSPS) is 12.7. The van der Waals surface area contributed by atoms with E-state index in [1.807, 2.05) is 6.92 Å². The summed E-state index contributed by atoms with van der Waals surface area (Å²) in [7, 11) is 0. The van der Waals surface area contributed by atoms with Gasteiger partial charge in [0.25, 0.3) is 0 Å². The molecule has 5 heteroatoms. The molecular weight excluding hydrogens is 184 g/mol. The van der Waals surface area contributed by atoms with Crippen LogP contribution in [-0.2, 0) is 11.3 Å². The summed E-state index contributed by atoms with van der Waals surface area (Å²) in [6, 6.07) is -0.540. The largest absolute Gasteiger partial charge is 0.480 e. The predicted octanol–water partition coefficient (Wildman–Crippen LogP) is 0.936. The SMILES string of the molecule is CCC(NCc1ncc(C)o1)C(=O)O. The lowest BCUT2D eigenvalue weighted by Gasteiger charge is -2.09. The number of nitrogens with zero attached hydrogens (tertiary/aromatic N) is 1. The molecule has 0 bridgehead atoms. The van der Waals surface area contributed by atoms with Crippen LogP contribution in [0.1, 0.15) is 25.0 Å². The molecule has 0 radical (unpaired) electrons. The second-order valence-corrected chi connectivity index (χ2v) is 3.04. The third kappa shape index (κ3) is 2.85. The fraction of sp³-hybridized carbons (Fsp3) is 0.556. The van der Waals surface area contributed by atoms with Crippen molar-refractivity contribution in [1.29, 1.82) is 0 Å². The second kappa shape index (κ2) is 4.76. The van der Waals surface area contributed by atoms with Gasteiger partial charge in [0.15, 0.2) is 0 Å². The van der Waals surface area contributed by atoms with Gasteiger partial charge in [-0.05, 0) is 13.3 Å². The number of oxazole rings is 1. The Bertz CT molecular complexity index is 309. The fourth-order valence-electron chi connectivity index (χ4n) is 1.10. The van der Waals surface area contributed by atoms with Crippen molar-refractivity contribution in [2.24, 2.45) is 0 Å². The maximum atomic E-state index is 10.6. The Morgan fingerprint density at radius 1 is 1.79 bits per heavy atom. The first-order valence-corrected chi connectivity index (χ1v) is 4.51. The van der Waals surface area contributed by atoms with Gasteiger partial charge in [0.05, 0.1) is 12.7 Å². The quantitative estimate of drug-likeness (QED) is 0.736. The predicted molar refractivity (Wildman–Crippen MR) is 49.8 cm³/mol. The number of aryl methyl sites for hydroxylation is 1. The third-order valence-electron chi connectivity index (χ3n) is 1.88. The molecule has 0 aliphatic rings. The van der Waals surface area contributed by atoms with Crippen LogP contribution in [0, 0.1) is 6.92 Å². The van der Waals surface area contributed by atoms with E-state index in [0.29, 0.717) is 18.9 Å². The number of carboxylic acid groups (broad SMARTS) is 1. The molecule has 0 spiro atoms. The van der Waals surface area contributed by atoms with Crippen LogP contribution in [0.3, 0.4) is 0 Å². The van der Waals surface area contributed by atoms with Crippen LogP contribution < -0.4 is 5.32 Å². The van der Waals surface area contributed by atoms with Gasteiger partial charge in [-0.25, -0.2) is 4.98 Å². The fourth-order valence-corrected chi connectivity index (χ4v) is 1.10. The molecular formula is C9H14N2O3. The lowest BCUT2D eigenvalue weighted by Crippen LogP contribution is -2.35. The zero-order chi connectivity index (χ0) is 10.6. The van der Waals surface area contributed by atoms with Gasteiger partial charge in [0.2, 0.25) is 5.89 Å². The summed E-state index contributed by atoms with van der Waals surface area (Å²) in [6.07, 6.45) is 2.15. The molecule has 5 nitrogen and oxygen atoms in total. The van der Waals surface area contributed by atoms with E-state index >= 15 is 0 Å². The highest BCUT2D eigenvalue weighted by molar-refractivity contribution is 5.73. The van der Waals surface area contributed by atoms with E-state index in [9.17, 15) is 4.79 Å². The minimum Gasteiger partial charge on any atom is -0.480 e. The maximum Gasteiger partial charge on any atom is 0.320 e. The molecule has 0 saturated carbocycles. The van der Waals surface area contributed by atoms with Crippen molar-refractivity contribution < 1.29 is 14.3 Å². The van der Waals surface area contributed by atoms with E-state index < -0.39 is 12.0 Å². The van der Waals surface area contributed by atoms with Crippen LogP contribution in [-0.4, -0.2) is 22.1 Å². The third-order valence-corrected chi connectivity index (χ3v) is 1.88. The standard InChI is InChI=1S/C9H14N2O3/c1-3-7(9(12)13)10-5-8-11-4-6(2)14-8/h4,7,10H,3,5H2,1-2H3,(H,12,13). The molecule has 0 fully saturated rings. The molecule has 1 aromatic heterocycles. The number of carboxylic acids is 1. The van der Waals surface area contributed by atoms with Crippen molar-refractivity contribution in [3.8, 4) is 0 Å². The molecule has 14 heavy (non-hydrogen) atoms. The van der Waals surface area contributed by atoms with Crippen molar-refractivity contribution in [3.63, 3.8) is 0 Å². The monoisotopic (exact) mass is 198 g/mol. The molecule has 1 unspecified atom stereocenters. The second-order valence-electron chi connectivity index (χ2n) is 3.04. The molecule has 1 heterocycles. The van der Waals surface area contributed by atoms with E-state index in [2.05, 4.69) is 10.3 Å². The van der Waals surface area contributed by atoms with E-state index in [1.54, 1.807) is 13.1 Å². The highest BCUT2D eigenvalue weighted by Gasteiger charge is 2.14. The Morgan fingerprint density at radius 2 is 2.50 bits per heavy atom. The van der Waals surface area contributed by atoms with Crippen molar-refractivity contribution in [2.45, 2.75) is 32.9 Å². The Hall–Kier alpha value is -1.36. The Labute approximate surface area is 82.1 Å². The van der Waals surface area contributed by atoms with Crippen LogP contribution in [0.25, 0.3) is 0 Å². The van der Waals surface area contributed by atoms with Crippen LogP contribution in [0.4, 0.5) is 0 Å². The molecule has 78 valence electrons. The van der Waals surface area contributed by atoms with E-state index in [-0.39, 0.29) is 0 Å². The molecule has 0 aromatic carbocycles. The van der Waals surface area contributed by atoms with Gasteiger partial charge in [-0.1, -0.05) is 6.92 Å². The molecule has 0 saturated heterocycles. The van der Waals surface area contributed by atoms with Gasteiger partial charge in [-0.2, -0.15) is 0 Å². The lowest BCUT2D eigenvalue weighted by atomic mass is 10.2. The van der Waals surface area contributed by atoms with E-state index in [4.69, 9.17) is 9.52 Å². The summed E-state index contributed by atoms with van der Waals surface area (Å²) >= 11 is 0. The Balaban J connectivity index is 2.43. The summed E-state index contributed by atoms with van der Waals surface area (Å²) in [4.78, 5) is 14.6. The van der Waals surface area contributed by atoms with Gasteiger partial charge < -0.3 is 9.52 Å². The average Bonchev–Trinajstić information content (AvgIpc) is 2.52. The Kier molecular flexibility index (Phi) is 3.64. The zero-order valence-electron chi connectivity index (χ0n) is 8.28. The van der Waals surface area contributed by atoms with Crippen LogP contribution in [0.5, 0.6) is 0 Å². The molecule has 2 N–H and O–H groups in total. The molecule has 1 rings (SSSR count). The smallest absolute Gasteiger partial charge is 0.320 e. The van der Waals surface area contributed by atoms with Crippen molar-refractivity contribution >= 4 is 5.97 Å². The highest BCUT2D eigenvalue weighted by Crippen LogP contribution is 2.02. The van der Waals surface area contributed by atoms with Crippen LogP contribution >= 0.6 is 0 Å². The van der Waals surface area contributed by atoms with Gasteiger partial charge in [-0.3, -0.25) is 10.1 Å². The highest BCUT2D eigenvalue weighted by atomic mass is 16.4. The topological polar surface area (TPSA) is 75.4 Å². The Morgan fingerprint density at radius 3 is 2.93 bits per heavy atom. The van der Waals surface area contributed by atoms with Gasteiger partial charge in [0, 0.05) is 0 Å². The van der Waals surface area contributed by atoms with Gasteiger partial charge in [0.1, 0.15) is 11.8 Å². The summed E-state index contributed by atoms with van der Waals surface area (Å²) in [5.41, 5.74) is 0. The first-order valence-electron chi connectivity index (χ1n) is 4.51. The molecule has 0 aliphatic carbocycles. The van der Waals surface area contributed by atoms with E-state index in [0.717, 1.165) is 5.76 Å². The molecule has 1 atom stereocenters. The number of hydrogen-bond acceptors (Lipinski definition) is 4. The zero-order valence-corrected chi connectivity index (χ0v) is 8.28. The van der Waals surface area contributed by atoms with Gasteiger partial charge in [-0.15, -0.1) is 0 Å². The van der Waals surface area contributed by atoms with Crippen molar-refractivity contribution in [2.75, 3.05) is 0 Å². The number of rotatable bonds is 5. The van der Waals surface area contributed by atoms with Crippen molar-refractivity contribution in [3.05, 3.63) is 17.8 Å². The summed E-state index contributed by atoms with van der Waals surface area (Å²) in [5.74, 6) is 0.392. The number of nitrogens with one attached hydrogen (secondary N) is 1. The molecule has 0 amide bonds. The van der Waals surface area contributed by atoms with Crippen molar-refractivity contribution in [1.82, 2.24) is 10.3 Å². The first-order chi connectivity index (χ1) is 6.63. The molecule has 0 aliphatic heterocycles. The summed E-state index contributed by atoms with van der Waals surface area (Å²) in [5, 5.41) is 11.6. The number of carbonyl (C=O) groups is 1. The van der Waals surface area contributed by atoms with Crippen LogP contribution in [0.2, 0.25) is 0 Å².